The van der Waals surface area contributed by atoms with Crippen molar-refractivity contribution >= 4 is 5.97 Å². The van der Waals surface area contributed by atoms with Crippen LogP contribution in [0.3, 0.4) is 0 Å². The number of carboxylic acids is 1. The van der Waals surface area contributed by atoms with Gasteiger partial charge in [0.25, 0.3) is 0 Å². The minimum Gasteiger partial charge on any atom is -0.481 e. The van der Waals surface area contributed by atoms with Crippen molar-refractivity contribution in [3.63, 3.8) is 0 Å². The lowest BCUT2D eigenvalue weighted by atomic mass is 9.66. The molecule has 3 nitrogen and oxygen atoms in total. The van der Waals surface area contributed by atoms with Crippen LogP contribution in [-0.4, -0.2) is 21.8 Å². The van der Waals surface area contributed by atoms with E-state index in [4.69, 9.17) is 5.11 Å². The van der Waals surface area contributed by atoms with Crippen molar-refractivity contribution in [2.45, 2.75) is 45.6 Å². The molecule has 4 unspecified atom stereocenters. The third-order valence-corrected chi connectivity index (χ3v) is 3.74. The molecule has 3 heteroatoms. The molecule has 0 radical (unpaired) electrons. The molecule has 4 atom stereocenters. The van der Waals surface area contributed by atoms with E-state index in [2.05, 4.69) is 6.92 Å². The molecule has 1 fully saturated rings. The molecule has 1 aliphatic carbocycles. The Kier molecular flexibility index (Phi) is 3.20. The fraction of sp³-hybridized carbons (Fsp3) is 0.909. The molecule has 2 N–H and O–H groups in total. The van der Waals surface area contributed by atoms with Crippen LogP contribution in [0.1, 0.15) is 40.0 Å². The molecule has 0 aromatic carbocycles. The molecule has 0 heterocycles. The van der Waals surface area contributed by atoms with Crippen LogP contribution in [0.5, 0.6) is 0 Å². The number of hydrogen-bond donors (Lipinski definition) is 2. The maximum Gasteiger partial charge on any atom is 0.309 e. The fourth-order valence-electron chi connectivity index (χ4n) is 2.46. The summed E-state index contributed by atoms with van der Waals surface area (Å²) in [5.41, 5.74) is -1.01. The van der Waals surface area contributed by atoms with Gasteiger partial charge in [0.2, 0.25) is 0 Å². The lowest BCUT2D eigenvalue weighted by molar-refractivity contribution is -0.160. The smallest absolute Gasteiger partial charge is 0.309 e. The molecular weight excluding hydrogens is 180 g/mol. The summed E-state index contributed by atoms with van der Waals surface area (Å²) in [6.07, 6.45) is 2.63. The zero-order valence-corrected chi connectivity index (χ0v) is 9.16. The van der Waals surface area contributed by atoms with E-state index in [0.29, 0.717) is 12.3 Å². The van der Waals surface area contributed by atoms with Crippen molar-refractivity contribution in [1.82, 2.24) is 0 Å². The second-order valence-corrected chi connectivity index (χ2v) is 4.84. The molecule has 0 amide bonds. The van der Waals surface area contributed by atoms with E-state index in [-0.39, 0.29) is 5.92 Å². The van der Waals surface area contributed by atoms with E-state index < -0.39 is 17.5 Å². The first-order chi connectivity index (χ1) is 6.38. The zero-order chi connectivity index (χ0) is 10.9. The van der Waals surface area contributed by atoms with Gasteiger partial charge in [0.1, 0.15) is 0 Å². The van der Waals surface area contributed by atoms with Crippen LogP contribution in [-0.2, 0) is 4.79 Å². The van der Waals surface area contributed by atoms with E-state index in [9.17, 15) is 9.90 Å². The SMILES string of the molecule is CC1CCC(C)C(O)(C(C)C(=O)O)C1. The highest BCUT2D eigenvalue weighted by atomic mass is 16.4. The summed E-state index contributed by atoms with van der Waals surface area (Å²) in [6, 6.07) is 0. The summed E-state index contributed by atoms with van der Waals surface area (Å²) in [5, 5.41) is 19.3. The third-order valence-electron chi connectivity index (χ3n) is 3.74. The van der Waals surface area contributed by atoms with Gasteiger partial charge in [-0.2, -0.15) is 0 Å². The Morgan fingerprint density at radius 3 is 2.50 bits per heavy atom. The molecule has 0 aromatic rings. The predicted molar refractivity (Wildman–Crippen MR) is 53.9 cm³/mol. The third kappa shape index (κ3) is 1.92. The minimum absolute atomic E-state index is 0.0878. The van der Waals surface area contributed by atoms with Crippen molar-refractivity contribution in [3.8, 4) is 0 Å². The molecule has 0 spiro atoms. The Morgan fingerprint density at radius 2 is 2.00 bits per heavy atom. The van der Waals surface area contributed by atoms with Crippen molar-refractivity contribution in [2.75, 3.05) is 0 Å². The highest BCUT2D eigenvalue weighted by Gasteiger charge is 2.45. The maximum atomic E-state index is 10.9. The van der Waals surface area contributed by atoms with Crippen LogP contribution >= 0.6 is 0 Å². The lowest BCUT2D eigenvalue weighted by Gasteiger charge is -2.43. The molecule has 0 saturated heterocycles. The Balaban J connectivity index is 2.83. The number of carbonyl (C=O) groups is 1. The van der Waals surface area contributed by atoms with Gasteiger partial charge in [-0.15, -0.1) is 0 Å². The van der Waals surface area contributed by atoms with Gasteiger partial charge in [-0.05, 0) is 31.6 Å². The first kappa shape index (κ1) is 11.5. The van der Waals surface area contributed by atoms with Gasteiger partial charge in [-0.25, -0.2) is 0 Å². The number of rotatable bonds is 2. The highest BCUT2D eigenvalue weighted by Crippen LogP contribution is 2.41. The van der Waals surface area contributed by atoms with E-state index >= 15 is 0 Å². The maximum absolute atomic E-state index is 10.9. The summed E-state index contributed by atoms with van der Waals surface area (Å²) in [6.45, 7) is 5.63. The monoisotopic (exact) mass is 200 g/mol. The van der Waals surface area contributed by atoms with Gasteiger partial charge < -0.3 is 10.2 Å². The van der Waals surface area contributed by atoms with Crippen LogP contribution in [0.25, 0.3) is 0 Å². The summed E-state index contributed by atoms with van der Waals surface area (Å²) in [5.74, 6) is -1.04. The molecule has 1 aliphatic rings. The molecular formula is C11H20O3. The number of hydrogen-bond acceptors (Lipinski definition) is 2. The lowest BCUT2D eigenvalue weighted by Crippen LogP contribution is -2.49. The topological polar surface area (TPSA) is 57.5 Å². The average molecular weight is 200 g/mol. The van der Waals surface area contributed by atoms with Crippen molar-refractivity contribution in [2.24, 2.45) is 17.8 Å². The highest BCUT2D eigenvalue weighted by molar-refractivity contribution is 5.71. The van der Waals surface area contributed by atoms with Crippen molar-refractivity contribution in [3.05, 3.63) is 0 Å². The number of aliphatic carboxylic acids is 1. The Hall–Kier alpha value is -0.570. The predicted octanol–water partition coefficient (Wildman–Crippen LogP) is 1.89. The van der Waals surface area contributed by atoms with Gasteiger partial charge in [0.05, 0.1) is 11.5 Å². The molecule has 82 valence electrons. The van der Waals surface area contributed by atoms with Crippen LogP contribution in [0.4, 0.5) is 0 Å². The van der Waals surface area contributed by atoms with Gasteiger partial charge in [0.15, 0.2) is 0 Å². The summed E-state index contributed by atoms with van der Waals surface area (Å²) >= 11 is 0. The van der Waals surface area contributed by atoms with Crippen molar-refractivity contribution < 1.29 is 15.0 Å². The van der Waals surface area contributed by atoms with Crippen LogP contribution in [0, 0.1) is 17.8 Å². The van der Waals surface area contributed by atoms with Gasteiger partial charge >= 0.3 is 5.97 Å². The fourth-order valence-corrected chi connectivity index (χ4v) is 2.46. The van der Waals surface area contributed by atoms with Crippen LogP contribution < -0.4 is 0 Å². The second-order valence-electron chi connectivity index (χ2n) is 4.84. The van der Waals surface area contributed by atoms with E-state index in [1.807, 2.05) is 6.92 Å². The number of aliphatic hydroxyl groups is 1. The quantitative estimate of drug-likeness (QED) is 0.715. The minimum atomic E-state index is -1.01. The standard InChI is InChI=1S/C11H20O3/c1-7-4-5-8(2)11(14,6-7)9(3)10(12)13/h7-9,14H,4-6H2,1-3H3,(H,12,13). The molecule has 0 aliphatic heterocycles. The van der Waals surface area contributed by atoms with Crippen LogP contribution in [0.15, 0.2) is 0 Å². The number of carboxylic acid groups (broad SMARTS) is 1. The van der Waals surface area contributed by atoms with E-state index in [1.54, 1.807) is 6.92 Å². The summed E-state index contributed by atoms with van der Waals surface area (Å²) in [7, 11) is 0. The van der Waals surface area contributed by atoms with Crippen molar-refractivity contribution in [1.29, 1.82) is 0 Å². The Bertz CT molecular complexity index is 227. The van der Waals surface area contributed by atoms with E-state index in [0.717, 1.165) is 12.8 Å². The summed E-state index contributed by atoms with van der Waals surface area (Å²) < 4.78 is 0. The first-order valence-electron chi connectivity index (χ1n) is 5.33. The largest absolute Gasteiger partial charge is 0.481 e. The summed E-state index contributed by atoms with van der Waals surface area (Å²) in [4.78, 5) is 10.9. The second kappa shape index (κ2) is 3.89. The Labute approximate surface area is 85.1 Å². The van der Waals surface area contributed by atoms with E-state index in [1.165, 1.54) is 0 Å². The Morgan fingerprint density at radius 1 is 1.43 bits per heavy atom. The van der Waals surface area contributed by atoms with Gasteiger partial charge in [0, 0.05) is 0 Å². The molecule has 1 rings (SSSR count). The van der Waals surface area contributed by atoms with Crippen LogP contribution in [0.2, 0.25) is 0 Å². The molecule has 0 aromatic heterocycles. The zero-order valence-electron chi connectivity index (χ0n) is 9.16. The van der Waals surface area contributed by atoms with Gasteiger partial charge in [-0.3, -0.25) is 4.79 Å². The molecule has 0 bridgehead atoms. The molecule has 1 saturated carbocycles. The first-order valence-corrected chi connectivity index (χ1v) is 5.33. The average Bonchev–Trinajstić information content (AvgIpc) is 2.10. The normalized spacial score (nSPS) is 40.6. The van der Waals surface area contributed by atoms with Gasteiger partial charge in [-0.1, -0.05) is 20.3 Å². The molecule has 14 heavy (non-hydrogen) atoms.